The normalized spacial score (nSPS) is 21.6. The first-order valence-corrected chi connectivity index (χ1v) is 14.7. The van der Waals surface area contributed by atoms with Gasteiger partial charge in [0.05, 0.1) is 12.5 Å². The number of nitrogens with zero attached hydrogens (tertiary/aromatic N) is 2. The summed E-state index contributed by atoms with van der Waals surface area (Å²) in [6, 6.07) is 11.6. The number of carboxylic acids is 1. The van der Waals surface area contributed by atoms with Gasteiger partial charge in [0, 0.05) is 17.7 Å². The van der Waals surface area contributed by atoms with E-state index in [-0.39, 0.29) is 42.1 Å². The van der Waals surface area contributed by atoms with Crippen LogP contribution in [0, 0.1) is 24.1 Å². The first-order valence-electron chi connectivity index (χ1n) is 14.7. The number of aliphatic carboxylic acids is 1. The Morgan fingerprint density at radius 3 is 2.37 bits per heavy atom. The van der Waals surface area contributed by atoms with Crippen LogP contribution < -0.4 is 5.32 Å². The molecule has 2 N–H and O–H groups in total. The van der Waals surface area contributed by atoms with Crippen molar-refractivity contribution in [2.75, 3.05) is 6.54 Å². The van der Waals surface area contributed by atoms with Gasteiger partial charge in [-0.3, -0.25) is 19.4 Å². The maximum Gasteiger partial charge on any atom is 0.305 e. The van der Waals surface area contributed by atoms with Gasteiger partial charge in [0.15, 0.2) is 0 Å². The molecule has 8 heteroatoms. The highest BCUT2D eigenvalue weighted by atomic mass is 19.1. The van der Waals surface area contributed by atoms with Crippen LogP contribution in [0.3, 0.4) is 0 Å². The Morgan fingerprint density at radius 1 is 1.15 bits per heavy atom. The number of carbonyl (C=O) groups is 3. The summed E-state index contributed by atoms with van der Waals surface area (Å²) in [5, 5.41) is 11.5. The van der Waals surface area contributed by atoms with Crippen molar-refractivity contribution in [2.45, 2.75) is 91.3 Å². The number of aliphatic imine (C=N–C) groups is 1. The Balaban J connectivity index is 1.69. The molecule has 220 valence electrons. The Morgan fingerprint density at radius 2 is 1.80 bits per heavy atom. The molecule has 0 unspecified atom stereocenters. The van der Waals surface area contributed by atoms with Gasteiger partial charge in [-0.15, -0.1) is 0 Å². The second-order valence-electron chi connectivity index (χ2n) is 12.6. The summed E-state index contributed by atoms with van der Waals surface area (Å²) < 4.78 is 14.4. The lowest BCUT2D eigenvalue weighted by Gasteiger charge is -2.47. The molecule has 7 nitrogen and oxygen atoms in total. The Kier molecular flexibility index (Phi) is 9.00. The molecule has 2 amide bonds. The lowest BCUT2D eigenvalue weighted by Crippen LogP contribution is -2.51. The van der Waals surface area contributed by atoms with E-state index in [4.69, 9.17) is 10.1 Å². The van der Waals surface area contributed by atoms with Gasteiger partial charge < -0.3 is 15.3 Å². The molecular formula is C33H42FN3O4. The van der Waals surface area contributed by atoms with E-state index in [1.807, 2.05) is 30.0 Å². The first-order chi connectivity index (χ1) is 19.3. The standard InChI is InChI=1S/C33H42FN3O4/c1-6-7-27(22-8-10-23(11-9-22)30(40)35-17-14-28(38)39)37-31(41)29(24-18-21(2)19-26(34)20-24)36-33(37)15-12-25(13-16-33)32(3,4)5/h8-11,18-20,25,27H,6-7,12-17H2,1-5H3,(H,35,40)(H,38,39)/t25?,27-,33?/m1/s1. The minimum absolute atomic E-state index is 0.0500. The van der Waals surface area contributed by atoms with E-state index in [1.165, 1.54) is 12.1 Å². The number of carbonyl (C=O) groups excluding carboxylic acids is 2. The van der Waals surface area contributed by atoms with Gasteiger partial charge in [0.1, 0.15) is 17.2 Å². The number of rotatable bonds is 9. The third-order valence-electron chi connectivity index (χ3n) is 8.57. The fourth-order valence-corrected chi connectivity index (χ4v) is 6.36. The van der Waals surface area contributed by atoms with Crippen molar-refractivity contribution < 1.29 is 23.9 Å². The summed E-state index contributed by atoms with van der Waals surface area (Å²) in [4.78, 5) is 44.7. The molecule has 2 aliphatic rings. The first kappa shape index (κ1) is 30.4. The number of hydrogen-bond acceptors (Lipinski definition) is 4. The van der Waals surface area contributed by atoms with E-state index in [2.05, 4.69) is 33.0 Å². The van der Waals surface area contributed by atoms with E-state index in [1.54, 1.807) is 12.1 Å². The topological polar surface area (TPSA) is 99.1 Å². The SMILES string of the molecule is CCC[C@H](c1ccc(C(=O)NCCC(=O)O)cc1)N1C(=O)C(c2cc(C)cc(F)c2)=NC12CCC(C(C)(C)C)CC2. The molecule has 1 aliphatic carbocycles. The summed E-state index contributed by atoms with van der Waals surface area (Å²) in [5.74, 6) is -1.37. The van der Waals surface area contributed by atoms with Crippen LogP contribution in [0.2, 0.25) is 0 Å². The number of aryl methyl sites for hydroxylation is 1. The molecular weight excluding hydrogens is 521 g/mol. The zero-order valence-corrected chi connectivity index (χ0v) is 24.8. The molecule has 1 aliphatic heterocycles. The summed E-state index contributed by atoms with van der Waals surface area (Å²) in [6.45, 7) is 10.7. The maximum atomic E-state index is 14.4. The molecule has 4 rings (SSSR count). The van der Waals surface area contributed by atoms with E-state index in [0.29, 0.717) is 29.2 Å². The predicted octanol–water partition coefficient (Wildman–Crippen LogP) is 6.44. The van der Waals surface area contributed by atoms with Crippen LogP contribution in [0.15, 0.2) is 47.5 Å². The molecule has 41 heavy (non-hydrogen) atoms. The van der Waals surface area contributed by atoms with Crippen molar-refractivity contribution in [3.63, 3.8) is 0 Å². The smallest absolute Gasteiger partial charge is 0.305 e. The largest absolute Gasteiger partial charge is 0.481 e. The van der Waals surface area contributed by atoms with Crippen LogP contribution in [0.4, 0.5) is 4.39 Å². The molecule has 1 spiro atoms. The van der Waals surface area contributed by atoms with Crippen LogP contribution in [-0.4, -0.2) is 45.7 Å². The summed E-state index contributed by atoms with van der Waals surface area (Å²) in [6.07, 6.45) is 4.77. The second-order valence-corrected chi connectivity index (χ2v) is 12.6. The van der Waals surface area contributed by atoms with E-state index in [0.717, 1.165) is 43.2 Å². The van der Waals surface area contributed by atoms with Crippen LogP contribution in [0.5, 0.6) is 0 Å². The number of benzene rings is 2. The van der Waals surface area contributed by atoms with Gasteiger partial charge in [-0.1, -0.05) is 46.2 Å². The van der Waals surface area contributed by atoms with Gasteiger partial charge in [-0.25, -0.2) is 4.39 Å². The van der Waals surface area contributed by atoms with Crippen molar-refractivity contribution >= 4 is 23.5 Å². The summed E-state index contributed by atoms with van der Waals surface area (Å²) in [7, 11) is 0. The maximum absolute atomic E-state index is 14.4. The van der Waals surface area contributed by atoms with Gasteiger partial charge in [-0.2, -0.15) is 0 Å². The van der Waals surface area contributed by atoms with Gasteiger partial charge in [-0.05, 0) is 91.8 Å². The number of amides is 2. The monoisotopic (exact) mass is 563 g/mol. The Bertz CT molecular complexity index is 1300. The molecule has 2 aromatic carbocycles. The lowest BCUT2D eigenvalue weighted by atomic mass is 9.69. The van der Waals surface area contributed by atoms with Crippen LogP contribution >= 0.6 is 0 Å². The minimum atomic E-state index is -0.973. The quantitative estimate of drug-likeness (QED) is 0.367. The van der Waals surface area contributed by atoms with E-state index < -0.39 is 11.6 Å². The highest BCUT2D eigenvalue weighted by molar-refractivity contribution is 6.46. The molecule has 2 aromatic rings. The fraction of sp³-hybridized carbons (Fsp3) is 0.515. The number of nitrogens with one attached hydrogen (secondary N) is 1. The third-order valence-corrected chi connectivity index (χ3v) is 8.57. The number of carboxylic acid groups (broad SMARTS) is 1. The minimum Gasteiger partial charge on any atom is -0.481 e. The molecule has 1 saturated carbocycles. The Labute approximate surface area is 242 Å². The van der Waals surface area contributed by atoms with Crippen molar-refractivity contribution in [1.29, 1.82) is 0 Å². The number of hydrogen-bond donors (Lipinski definition) is 2. The summed E-state index contributed by atoms with van der Waals surface area (Å²) >= 11 is 0. The van der Waals surface area contributed by atoms with Crippen LogP contribution in [-0.2, 0) is 9.59 Å². The molecule has 0 radical (unpaired) electrons. The van der Waals surface area contributed by atoms with Gasteiger partial charge in [0.25, 0.3) is 11.8 Å². The zero-order valence-electron chi connectivity index (χ0n) is 24.8. The third kappa shape index (κ3) is 6.68. The van der Waals surface area contributed by atoms with Gasteiger partial charge >= 0.3 is 5.97 Å². The molecule has 0 aromatic heterocycles. The van der Waals surface area contributed by atoms with Crippen molar-refractivity contribution in [2.24, 2.45) is 16.3 Å². The molecule has 0 saturated heterocycles. The van der Waals surface area contributed by atoms with Crippen molar-refractivity contribution in [1.82, 2.24) is 10.2 Å². The van der Waals surface area contributed by atoms with Crippen molar-refractivity contribution in [3.05, 3.63) is 70.5 Å². The Hall–Kier alpha value is -3.55. The average molecular weight is 564 g/mol. The van der Waals surface area contributed by atoms with Crippen LogP contribution in [0.25, 0.3) is 0 Å². The highest BCUT2D eigenvalue weighted by Gasteiger charge is 2.52. The predicted molar refractivity (Wildman–Crippen MR) is 157 cm³/mol. The number of halogens is 1. The zero-order chi connectivity index (χ0) is 29.9. The van der Waals surface area contributed by atoms with E-state index >= 15 is 0 Å². The molecule has 1 fully saturated rings. The van der Waals surface area contributed by atoms with Crippen LogP contribution in [0.1, 0.15) is 106 Å². The van der Waals surface area contributed by atoms with Gasteiger partial charge in [0.2, 0.25) is 0 Å². The average Bonchev–Trinajstić information content (AvgIpc) is 3.17. The van der Waals surface area contributed by atoms with E-state index in [9.17, 15) is 18.8 Å². The van der Waals surface area contributed by atoms with Crippen molar-refractivity contribution in [3.8, 4) is 0 Å². The molecule has 0 bridgehead atoms. The summed E-state index contributed by atoms with van der Waals surface area (Å²) in [5.41, 5.74) is 2.35. The lowest BCUT2D eigenvalue weighted by molar-refractivity contribution is -0.137. The molecule has 1 atom stereocenters. The fourth-order valence-electron chi connectivity index (χ4n) is 6.36. The highest BCUT2D eigenvalue weighted by Crippen LogP contribution is 2.49. The second kappa shape index (κ2) is 12.1. The molecule has 1 heterocycles.